The Morgan fingerprint density at radius 2 is 1.61 bits per heavy atom. The molecule has 2 atom stereocenters. The molecule has 164 valence electrons. The van der Waals surface area contributed by atoms with Gasteiger partial charge in [-0.2, -0.15) is 0 Å². The fourth-order valence-corrected chi connectivity index (χ4v) is 3.87. The second kappa shape index (κ2) is 10.1. The van der Waals surface area contributed by atoms with Gasteiger partial charge in [0.05, 0.1) is 6.42 Å². The van der Waals surface area contributed by atoms with Crippen LogP contribution in [0.15, 0.2) is 48.5 Å². The van der Waals surface area contributed by atoms with E-state index in [0.29, 0.717) is 6.42 Å². The van der Waals surface area contributed by atoms with Crippen molar-refractivity contribution < 1.29 is 24.2 Å². The fraction of sp³-hybridized carbons (Fsp3) is 0.375. The number of ether oxygens (including phenoxy) is 1. The lowest BCUT2D eigenvalue weighted by Gasteiger charge is -2.23. The minimum atomic E-state index is -0.995. The van der Waals surface area contributed by atoms with Crippen molar-refractivity contribution in [3.63, 3.8) is 0 Å². The SMILES string of the molecule is CCC(C)[C@H](NC(=O)OCC1c2ccccc2-c2ccccc21)C(=O)NCCC(=O)O. The highest BCUT2D eigenvalue weighted by Crippen LogP contribution is 2.44. The molecule has 3 rings (SSSR count). The number of rotatable bonds is 9. The van der Waals surface area contributed by atoms with E-state index in [2.05, 4.69) is 22.8 Å². The van der Waals surface area contributed by atoms with Gasteiger partial charge in [0.25, 0.3) is 0 Å². The number of aliphatic carboxylic acids is 1. The van der Waals surface area contributed by atoms with Crippen LogP contribution in [0.3, 0.4) is 0 Å². The van der Waals surface area contributed by atoms with Crippen molar-refractivity contribution in [2.45, 2.75) is 38.6 Å². The molecule has 0 saturated heterocycles. The third-order valence-corrected chi connectivity index (χ3v) is 5.75. The summed E-state index contributed by atoms with van der Waals surface area (Å²) in [6.45, 7) is 3.94. The first-order valence-electron chi connectivity index (χ1n) is 10.5. The quantitative estimate of drug-likeness (QED) is 0.571. The van der Waals surface area contributed by atoms with E-state index in [0.717, 1.165) is 22.3 Å². The predicted octanol–water partition coefficient (Wildman–Crippen LogP) is 3.53. The van der Waals surface area contributed by atoms with Gasteiger partial charge >= 0.3 is 12.1 Å². The molecule has 7 nitrogen and oxygen atoms in total. The van der Waals surface area contributed by atoms with Crippen molar-refractivity contribution in [1.82, 2.24) is 10.6 Å². The Hall–Kier alpha value is -3.35. The topological polar surface area (TPSA) is 105 Å². The molecule has 0 radical (unpaired) electrons. The molecular weight excluding hydrogens is 396 g/mol. The summed E-state index contributed by atoms with van der Waals surface area (Å²) in [6, 6.07) is 15.3. The molecule has 0 heterocycles. The summed E-state index contributed by atoms with van der Waals surface area (Å²) in [5.41, 5.74) is 4.51. The molecule has 2 amide bonds. The Labute approximate surface area is 181 Å². The van der Waals surface area contributed by atoms with E-state index < -0.39 is 24.0 Å². The fourth-order valence-electron chi connectivity index (χ4n) is 3.87. The number of carbonyl (C=O) groups excluding carboxylic acids is 2. The van der Waals surface area contributed by atoms with E-state index in [9.17, 15) is 14.4 Å². The molecule has 2 aromatic carbocycles. The Kier molecular flexibility index (Phi) is 7.28. The van der Waals surface area contributed by atoms with Crippen LogP contribution < -0.4 is 10.6 Å². The number of hydrogen-bond donors (Lipinski definition) is 3. The Balaban J connectivity index is 1.64. The Morgan fingerprint density at radius 1 is 1.03 bits per heavy atom. The summed E-state index contributed by atoms with van der Waals surface area (Å²) in [6.07, 6.45) is -0.176. The molecule has 0 spiro atoms. The number of amides is 2. The van der Waals surface area contributed by atoms with Crippen LogP contribution in [0.1, 0.15) is 43.7 Å². The lowest BCUT2D eigenvalue weighted by molar-refractivity contribution is -0.137. The lowest BCUT2D eigenvalue weighted by Crippen LogP contribution is -2.50. The van der Waals surface area contributed by atoms with Crippen molar-refractivity contribution in [3.8, 4) is 11.1 Å². The minimum absolute atomic E-state index is 0.00741. The average molecular weight is 424 g/mol. The molecular formula is C24H28N2O5. The van der Waals surface area contributed by atoms with Gasteiger partial charge in [-0.1, -0.05) is 68.8 Å². The van der Waals surface area contributed by atoms with E-state index in [1.54, 1.807) is 0 Å². The summed E-state index contributed by atoms with van der Waals surface area (Å²) in [4.78, 5) is 35.7. The van der Waals surface area contributed by atoms with Crippen molar-refractivity contribution >= 4 is 18.0 Å². The first kappa shape index (κ1) is 22.3. The monoisotopic (exact) mass is 424 g/mol. The van der Waals surface area contributed by atoms with Crippen LogP contribution >= 0.6 is 0 Å². The number of fused-ring (bicyclic) bond motifs is 3. The summed E-state index contributed by atoms with van der Waals surface area (Å²) >= 11 is 0. The van der Waals surface area contributed by atoms with Crippen molar-refractivity contribution in [2.75, 3.05) is 13.2 Å². The summed E-state index contributed by atoms with van der Waals surface area (Å²) in [5.74, 6) is -1.61. The van der Waals surface area contributed by atoms with Crippen molar-refractivity contribution in [2.24, 2.45) is 5.92 Å². The maximum absolute atomic E-state index is 12.5. The summed E-state index contributed by atoms with van der Waals surface area (Å²) < 4.78 is 5.53. The van der Waals surface area contributed by atoms with Crippen molar-refractivity contribution in [3.05, 3.63) is 59.7 Å². The third-order valence-electron chi connectivity index (χ3n) is 5.75. The molecule has 1 aliphatic rings. The molecule has 0 aromatic heterocycles. The molecule has 0 aliphatic heterocycles. The van der Waals surface area contributed by atoms with Gasteiger partial charge in [-0.15, -0.1) is 0 Å². The molecule has 0 fully saturated rings. The van der Waals surface area contributed by atoms with E-state index in [4.69, 9.17) is 9.84 Å². The third kappa shape index (κ3) is 5.23. The van der Waals surface area contributed by atoms with Crippen LogP contribution in [0, 0.1) is 5.92 Å². The molecule has 1 unspecified atom stereocenters. The number of alkyl carbamates (subject to hydrolysis) is 1. The Bertz CT molecular complexity index is 913. The predicted molar refractivity (Wildman–Crippen MR) is 117 cm³/mol. The van der Waals surface area contributed by atoms with E-state index in [-0.39, 0.29) is 31.4 Å². The zero-order valence-corrected chi connectivity index (χ0v) is 17.8. The van der Waals surface area contributed by atoms with Crippen LogP contribution in [0.5, 0.6) is 0 Å². The molecule has 0 bridgehead atoms. The standard InChI is InChI=1S/C24H28N2O5/c1-3-15(2)22(23(29)25-13-12-21(27)28)26-24(30)31-14-20-18-10-6-4-8-16(18)17-9-5-7-11-19(17)20/h4-11,15,20,22H,3,12-14H2,1-2H3,(H,25,29)(H,26,30)(H,27,28)/t15?,22-/m0/s1. The normalized spacial score (nSPS) is 14.1. The molecule has 2 aromatic rings. The highest BCUT2D eigenvalue weighted by Gasteiger charge is 2.30. The van der Waals surface area contributed by atoms with E-state index >= 15 is 0 Å². The minimum Gasteiger partial charge on any atom is -0.481 e. The second-order valence-corrected chi connectivity index (χ2v) is 7.77. The van der Waals surface area contributed by atoms with Gasteiger partial charge < -0.3 is 20.5 Å². The number of benzene rings is 2. The number of nitrogens with one attached hydrogen (secondary N) is 2. The number of carbonyl (C=O) groups is 3. The maximum Gasteiger partial charge on any atom is 0.407 e. The van der Waals surface area contributed by atoms with Crippen LogP contribution in [0.4, 0.5) is 4.79 Å². The van der Waals surface area contributed by atoms with Crippen LogP contribution in [-0.4, -0.2) is 42.3 Å². The summed E-state index contributed by atoms with van der Waals surface area (Å²) in [7, 11) is 0. The van der Waals surface area contributed by atoms with Gasteiger partial charge in [0, 0.05) is 12.5 Å². The highest BCUT2D eigenvalue weighted by molar-refractivity contribution is 5.86. The van der Waals surface area contributed by atoms with Gasteiger partial charge in [0.15, 0.2) is 0 Å². The largest absolute Gasteiger partial charge is 0.481 e. The van der Waals surface area contributed by atoms with Gasteiger partial charge in [-0.3, -0.25) is 9.59 Å². The number of carboxylic acid groups (broad SMARTS) is 1. The van der Waals surface area contributed by atoms with Gasteiger partial charge in [-0.25, -0.2) is 4.79 Å². The van der Waals surface area contributed by atoms with Crippen molar-refractivity contribution in [1.29, 1.82) is 0 Å². The van der Waals surface area contributed by atoms with Gasteiger partial charge in [-0.05, 0) is 28.2 Å². The van der Waals surface area contributed by atoms with Crippen LogP contribution in [0.25, 0.3) is 11.1 Å². The average Bonchev–Trinajstić information content (AvgIpc) is 3.09. The smallest absolute Gasteiger partial charge is 0.407 e. The molecule has 31 heavy (non-hydrogen) atoms. The number of carboxylic acids is 1. The van der Waals surface area contributed by atoms with Crippen LogP contribution in [0.2, 0.25) is 0 Å². The molecule has 0 saturated carbocycles. The second-order valence-electron chi connectivity index (χ2n) is 7.77. The molecule has 7 heteroatoms. The highest BCUT2D eigenvalue weighted by atomic mass is 16.5. The van der Waals surface area contributed by atoms with E-state index in [1.165, 1.54) is 0 Å². The molecule has 1 aliphatic carbocycles. The Morgan fingerprint density at radius 3 is 2.16 bits per heavy atom. The maximum atomic E-state index is 12.5. The zero-order chi connectivity index (χ0) is 22.4. The first-order chi connectivity index (χ1) is 14.9. The first-order valence-corrected chi connectivity index (χ1v) is 10.5. The molecule has 3 N–H and O–H groups in total. The number of hydrogen-bond acceptors (Lipinski definition) is 4. The van der Waals surface area contributed by atoms with Gasteiger partial charge in [0.1, 0.15) is 12.6 Å². The van der Waals surface area contributed by atoms with E-state index in [1.807, 2.05) is 50.2 Å². The lowest BCUT2D eigenvalue weighted by atomic mass is 9.98. The van der Waals surface area contributed by atoms with Crippen LogP contribution in [-0.2, 0) is 14.3 Å². The zero-order valence-electron chi connectivity index (χ0n) is 17.8. The van der Waals surface area contributed by atoms with Gasteiger partial charge in [0.2, 0.25) is 5.91 Å². The summed E-state index contributed by atoms with van der Waals surface area (Å²) in [5, 5.41) is 14.0.